The second-order valence-electron chi connectivity index (χ2n) is 3.39. The highest BCUT2D eigenvalue weighted by Crippen LogP contribution is 2.34. The number of thiophene rings is 1. The predicted molar refractivity (Wildman–Crippen MR) is 73.9 cm³/mol. The molecule has 0 aliphatic heterocycles. The summed E-state index contributed by atoms with van der Waals surface area (Å²) in [6.07, 6.45) is 0. The van der Waals surface area contributed by atoms with Gasteiger partial charge in [0.1, 0.15) is 5.82 Å². The number of hydrogen-bond donors (Lipinski definition) is 1. The molecule has 1 aromatic carbocycles. The minimum absolute atomic E-state index is 0.190. The van der Waals surface area contributed by atoms with Crippen LogP contribution in [0.3, 0.4) is 0 Å². The van der Waals surface area contributed by atoms with Gasteiger partial charge in [0.05, 0.1) is 18.8 Å². The number of benzene rings is 1. The summed E-state index contributed by atoms with van der Waals surface area (Å²) in [6, 6.07) is 3.56. The van der Waals surface area contributed by atoms with Gasteiger partial charge in [-0.15, -0.1) is 11.3 Å². The zero-order valence-electron chi connectivity index (χ0n) is 8.64. The van der Waals surface area contributed by atoms with Gasteiger partial charge in [-0.2, -0.15) is 0 Å². The van der Waals surface area contributed by atoms with E-state index in [1.54, 1.807) is 0 Å². The van der Waals surface area contributed by atoms with E-state index in [-0.39, 0.29) is 11.3 Å². The van der Waals surface area contributed by atoms with Crippen molar-refractivity contribution in [3.8, 4) is 0 Å². The topological polar surface area (TPSA) is 43.1 Å². The van der Waals surface area contributed by atoms with Gasteiger partial charge in [-0.05, 0) is 50.1 Å². The summed E-state index contributed by atoms with van der Waals surface area (Å²) in [5.74, 6) is -2.71. The fraction of sp³-hybridized carbons (Fsp3) is 0. The molecule has 1 aromatic heterocycles. The molecule has 0 saturated carbocycles. The smallest absolute Gasteiger partial charge is 0.201 e. The molecule has 0 bridgehead atoms. The number of anilines is 1. The van der Waals surface area contributed by atoms with E-state index in [0.717, 1.165) is 12.1 Å². The van der Waals surface area contributed by atoms with Gasteiger partial charge < -0.3 is 5.73 Å². The van der Waals surface area contributed by atoms with Crippen LogP contribution in [0.25, 0.3) is 0 Å². The van der Waals surface area contributed by atoms with E-state index in [1.807, 2.05) is 0 Å². The Kier molecular flexibility index (Phi) is 3.84. The summed E-state index contributed by atoms with van der Waals surface area (Å²) in [5, 5.41) is 0. The summed E-state index contributed by atoms with van der Waals surface area (Å²) in [4.78, 5) is 12.1. The summed E-state index contributed by atoms with van der Waals surface area (Å²) in [6.45, 7) is 0. The largest absolute Gasteiger partial charge is 0.396 e. The maximum Gasteiger partial charge on any atom is 0.201 e. The summed E-state index contributed by atoms with van der Waals surface area (Å²) >= 11 is 7.62. The van der Waals surface area contributed by atoms with Crippen LogP contribution < -0.4 is 5.73 Å². The molecule has 2 N–H and O–H groups in total. The molecule has 0 aliphatic rings. The molecule has 1 heterocycles. The number of halogens is 4. The van der Waals surface area contributed by atoms with Crippen LogP contribution in [0.4, 0.5) is 14.5 Å². The fourth-order valence-corrected chi connectivity index (χ4v) is 4.20. The average Bonchev–Trinajstić information content (AvgIpc) is 2.63. The normalized spacial score (nSPS) is 10.7. The summed E-state index contributed by atoms with van der Waals surface area (Å²) < 4.78 is 28.5. The van der Waals surface area contributed by atoms with Crippen molar-refractivity contribution in [1.29, 1.82) is 0 Å². The highest BCUT2D eigenvalue weighted by atomic mass is 79.9. The van der Waals surface area contributed by atoms with E-state index in [0.29, 0.717) is 7.57 Å². The van der Waals surface area contributed by atoms with Crippen molar-refractivity contribution in [3.63, 3.8) is 0 Å². The van der Waals surface area contributed by atoms with Crippen LogP contribution in [0.15, 0.2) is 25.8 Å². The van der Waals surface area contributed by atoms with Crippen molar-refractivity contribution in [2.24, 2.45) is 0 Å². The molecule has 2 nitrogen and oxygen atoms in total. The lowest BCUT2D eigenvalue weighted by atomic mass is 10.0. The molecule has 18 heavy (non-hydrogen) atoms. The SMILES string of the molecule is Nc1ccc(F)c(C(=O)c2cc(Br)sc2Br)c1F. The van der Waals surface area contributed by atoms with Gasteiger partial charge in [-0.3, -0.25) is 4.79 Å². The van der Waals surface area contributed by atoms with Crippen LogP contribution in [0.5, 0.6) is 0 Å². The second-order valence-corrected chi connectivity index (χ2v) is 7.14. The van der Waals surface area contributed by atoms with Crippen LogP contribution in [0.2, 0.25) is 0 Å². The number of nitrogens with two attached hydrogens (primary N) is 1. The Labute approximate surface area is 122 Å². The average molecular weight is 397 g/mol. The monoisotopic (exact) mass is 395 g/mol. The Morgan fingerprint density at radius 1 is 1.28 bits per heavy atom. The Hall–Kier alpha value is -0.790. The molecule has 2 rings (SSSR count). The Morgan fingerprint density at radius 3 is 2.50 bits per heavy atom. The van der Waals surface area contributed by atoms with E-state index in [4.69, 9.17) is 5.73 Å². The third-order valence-electron chi connectivity index (χ3n) is 2.25. The molecule has 0 unspecified atom stereocenters. The molecule has 2 aromatic rings. The van der Waals surface area contributed by atoms with Gasteiger partial charge in [0, 0.05) is 5.56 Å². The molecule has 0 fully saturated rings. The minimum Gasteiger partial charge on any atom is -0.396 e. The first-order chi connectivity index (χ1) is 8.41. The first kappa shape index (κ1) is 13.6. The quantitative estimate of drug-likeness (QED) is 0.605. The third kappa shape index (κ3) is 2.34. The van der Waals surface area contributed by atoms with Gasteiger partial charge in [0.25, 0.3) is 0 Å². The van der Waals surface area contributed by atoms with Crippen molar-refractivity contribution >= 4 is 54.7 Å². The van der Waals surface area contributed by atoms with Crippen LogP contribution in [-0.2, 0) is 0 Å². The number of carbonyl (C=O) groups is 1. The van der Waals surface area contributed by atoms with Crippen molar-refractivity contribution in [2.45, 2.75) is 0 Å². The van der Waals surface area contributed by atoms with Crippen LogP contribution in [0.1, 0.15) is 15.9 Å². The summed E-state index contributed by atoms with van der Waals surface area (Å²) in [5.41, 5.74) is 4.63. The lowest BCUT2D eigenvalue weighted by molar-refractivity contribution is 0.103. The molecule has 0 amide bonds. The van der Waals surface area contributed by atoms with Gasteiger partial charge in [0.15, 0.2) is 5.82 Å². The van der Waals surface area contributed by atoms with Gasteiger partial charge in [0.2, 0.25) is 5.78 Å². The van der Waals surface area contributed by atoms with Gasteiger partial charge in [-0.25, -0.2) is 8.78 Å². The molecule has 7 heteroatoms. The first-order valence-corrected chi connectivity index (χ1v) is 7.05. The van der Waals surface area contributed by atoms with E-state index >= 15 is 0 Å². The zero-order valence-corrected chi connectivity index (χ0v) is 12.6. The molecular weight excluding hydrogens is 392 g/mol. The number of hydrogen-bond acceptors (Lipinski definition) is 3. The zero-order chi connectivity index (χ0) is 13.4. The lowest BCUT2D eigenvalue weighted by Crippen LogP contribution is -2.09. The number of carbonyl (C=O) groups excluding carboxylic acids is 1. The molecule has 0 radical (unpaired) electrons. The lowest BCUT2D eigenvalue weighted by Gasteiger charge is -2.05. The van der Waals surface area contributed by atoms with E-state index in [1.165, 1.54) is 17.4 Å². The standard InChI is InChI=1S/C11H5Br2F2NOS/c12-7-3-4(11(13)18-7)10(17)8-5(14)1-2-6(16)9(8)15/h1-3H,16H2. The van der Waals surface area contributed by atoms with Gasteiger partial charge >= 0.3 is 0 Å². The predicted octanol–water partition coefficient (Wildman–Crippen LogP) is 4.36. The van der Waals surface area contributed by atoms with Crippen LogP contribution >= 0.6 is 43.2 Å². The highest BCUT2D eigenvalue weighted by Gasteiger charge is 2.23. The van der Waals surface area contributed by atoms with Crippen molar-refractivity contribution in [2.75, 3.05) is 5.73 Å². The minimum atomic E-state index is -1.03. The summed E-state index contributed by atoms with van der Waals surface area (Å²) in [7, 11) is 0. The molecular formula is C11H5Br2F2NOS. The second kappa shape index (κ2) is 5.07. The molecule has 0 aliphatic carbocycles. The fourth-order valence-electron chi connectivity index (χ4n) is 1.41. The first-order valence-electron chi connectivity index (χ1n) is 4.65. The van der Waals surface area contributed by atoms with Crippen molar-refractivity contribution in [1.82, 2.24) is 0 Å². The number of ketones is 1. The van der Waals surface area contributed by atoms with E-state index in [9.17, 15) is 13.6 Å². The highest BCUT2D eigenvalue weighted by molar-refractivity contribution is 9.12. The Morgan fingerprint density at radius 2 is 1.94 bits per heavy atom. The van der Waals surface area contributed by atoms with Crippen LogP contribution in [0, 0.1) is 11.6 Å². The Bertz CT molecular complexity index is 642. The van der Waals surface area contributed by atoms with Crippen LogP contribution in [-0.4, -0.2) is 5.78 Å². The van der Waals surface area contributed by atoms with Crippen molar-refractivity contribution in [3.05, 3.63) is 48.5 Å². The van der Waals surface area contributed by atoms with E-state index in [2.05, 4.69) is 31.9 Å². The van der Waals surface area contributed by atoms with Gasteiger partial charge in [-0.1, -0.05) is 0 Å². The molecule has 0 spiro atoms. The number of nitrogen functional groups attached to an aromatic ring is 1. The maximum atomic E-state index is 13.7. The van der Waals surface area contributed by atoms with Crippen molar-refractivity contribution < 1.29 is 13.6 Å². The molecule has 94 valence electrons. The molecule has 0 atom stereocenters. The maximum absolute atomic E-state index is 13.7. The number of rotatable bonds is 2. The molecule has 0 saturated heterocycles. The Balaban J connectivity index is 2.60. The third-order valence-corrected chi connectivity index (χ3v) is 4.59. The van der Waals surface area contributed by atoms with E-state index < -0.39 is 23.0 Å².